The largest absolute Gasteiger partial charge is 0.388 e. The third-order valence-electron chi connectivity index (χ3n) is 2.25. The predicted octanol–water partition coefficient (Wildman–Crippen LogP) is -1.80. The summed E-state index contributed by atoms with van der Waals surface area (Å²) >= 11 is 0. The number of ether oxygens (including phenoxy) is 1. The van der Waals surface area contributed by atoms with Crippen LogP contribution in [0.25, 0.3) is 0 Å². The standard InChI is InChI=1S/C7H14O5/c1-3-4(8)5(9)7(2,11)6(10)12-3/h3-6,8-11H,1-2H3/t3-,4-,5+,6+,7-/m0/s1. The molecule has 5 heteroatoms. The summed E-state index contributed by atoms with van der Waals surface area (Å²) in [4.78, 5) is 0. The molecule has 5 nitrogen and oxygen atoms in total. The molecule has 0 aromatic rings. The van der Waals surface area contributed by atoms with Crippen molar-refractivity contribution in [2.24, 2.45) is 0 Å². The van der Waals surface area contributed by atoms with Gasteiger partial charge in [0.25, 0.3) is 0 Å². The summed E-state index contributed by atoms with van der Waals surface area (Å²) in [7, 11) is 0. The third kappa shape index (κ3) is 1.34. The van der Waals surface area contributed by atoms with E-state index in [1.54, 1.807) is 0 Å². The summed E-state index contributed by atoms with van der Waals surface area (Å²) in [5.41, 5.74) is -1.81. The van der Waals surface area contributed by atoms with E-state index in [4.69, 9.17) is 9.84 Å². The number of aliphatic hydroxyl groups is 4. The molecule has 5 atom stereocenters. The highest BCUT2D eigenvalue weighted by Crippen LogP contribution is 2.27. The van der Waals surface area contributed by atoms with E-state index in [1.165, 1.54) is 13.8 Å². The van der Waals surface area contributed by atoms with Gasteiger partial charge in [-0.15, -0.1) is 0 Å². The second kappa shape index (κ2) is 2.93. The van der Waals surface area contributed by atoms with Crippen molar-refractivity contribution in [3.8, 4) is 0 Å². The Balaban J connectivity index is 2.80. The van der Waals surface area contributed by atoms with E-state index >= 15 is 0 Å². The summed E-state index contributed by atoms with van der Waals surface area (Å²) < 4.78 is 4.78. The highest BCUT2D eigenvalue weighted by Gasteiger charge is 2.49. The van der Waals surface area contributed by atoms with Crippen molar-refractivity contribution in [2.45, 2.75) is 44.1 Å². The molecule has 1 aliphatic rings. The summed E-state index contributed by atoms with van der Waals surface area (Å²) in [6.45, 7) is 2.71. The first-order chi connectivity index (χ1) is 5.37. The van der Waals surface area contributed by atoms with Gasteiger partial charge in [0, 0.05) is 0 Å². The Morgan fingerprint density at radius 3 is 2.25 bits per heavy atom. The molecule has 0 spiro atoms. The van der Waals surface area contributed by atoms with Gasteiger partial charge in [-0.3, -0.25) is 0 Å². The van der Waals surface area contributed by atoms with Crippen molar-refractivity contribution >= 4 is 0 Å². The molecule has 1 saturated heterocycles. The smallest absolute Gasteiger partial charge is 0.186 e. The minimum absolute atomic E-state index is 0.685. The van der Waals surface area contributed by atoms with Crippen LogP contribution in [-0.2, 0) is 4.74 Å². The fourth-order valence-corrected chi connectivity index (χ4v) is 1.17. The summed E-state index contributed by atoms with van der Waals surface area (Å²) in [5, 5.41) is 37.1. The lowest BCUT2D eigenvalue weighted by molar-refractivity contribution is -0.316. The molecular formula is C7H14O5. The molecule has 4 N–H and O–H groups in total. The third-order valence-corrected chi connectivity index (χ3v) is 2.25. The van der Waals surface area contributed by atoms with Crippen LogP contribution < -0.4 is 0 Å². The summed E-state index contributed by atoms with van der Waals surface area (Å²) in [6, 6.07) is 0. The highest BCUT2D eigenvalue weighted by molar-refractivity contribution is 4.95. The Morgan fingerprint density at radius 2 is 1.75 bits per heavy atom. The van der Waals surface area contributed by atoms with Crippen LogP contribution in [0.4, 0.5) is 0 Å². The van der Waals surface area contributed by atoms with Crippen molar-refractivity contribution in [2.75, 3.05) is 0 Å². The summed E-state index contributed by atoms with van der Waals surface area (Å²) in [6.07, 6.45) is -4.72. The van der Waals surface area contributed by atoms with Crippen molar-refractivity contribution in [1.82, 2.24) is 0 Å². The Morgan fingerprint density at radius 1 is 1.25 bits per heavy atom. The Bertz CT molecular complexity index is 169. The lowest BCUT2D eigenvalue weighted by Gasteiger charge is -2.43. The molecule has 0 amide bonds. The molecule has 0 radical (unpaired) electrons. The van der Waals surface area contributed by atoms with E-state index in [9.17, 15) is 15.3 Å². The quantitative estimate of drug-likeness (QED) is 0.351. The zero-order valence-electron chi connectivity index (χ0n) is 7.01. The molecule has 0 aromatic carbocycles. The van der Waals surface area contributed by atoms with Gasteiger partial charge >= 0.3 is 0 Å². The van der Waals surface area contributed by atoms with Crippen LogP contribution in [0.1, 0.15) is 13.8 Å². The fourth-order valence-electron chi connectivity index (χ4n) is 1.17. The molecule has 0 unspecified atom stereocenters. The number of hydrogen-bond donors (Lipinski definition) is 4. The first kappa shape index (κ1) is 9.88. The van der Waals surface area contributed by atoms with E-state index in [0.29, 0.717) is 0 Å². The zero-order chi connectivity index (χ0) is 9.52. The van der Waals surface area contributed by atoms with Crippen molar-refractivity contribution in [3.05, 3.63) is 0 Å². The second-order valence-electron chi connectivity index (χ2n) is 3.35. The van der Waals surface area contributed by atoms with Gasteiger partial charge in [-0.25, -0.2) is 0 Å². The maximum absolute atomic E-state index is 9.41. The lowest BCUT2D eigenvalue weighted by atomic mass is 9.89. The van der Waals surface area contributed by atoms with Crippen LogP contribution >= 0.6 is 0 Å². The molecule has 1 aliphatic heterocycles. The first-order valence-electron chi connectivity index (χ1n) is 3.79. The molecule has 0 aromatic heterocycles. The number of rotatable bonds is 0. The molecular weight excluding hydrogens is 164 g/mol. The predicted molar refractivity (Wildman–Crippen MR) is 39.2 cm³/mol. The monoisotopic (exact) mass is 178 g/mol. The number of hydrogen-bond acceptors (Lipinski definition) is 5. The van der Waals surface area contributed by atoms with Crippen molar-refractivity contribution < 1.29 is 25.2 Å². The molecule has 1 rings (SSSR count). The number of aliphatic hydroxyl groups excluding tert-OH is 3. The van der Waals surface area contributed by atoms with E-state index in [-0.39, 0.29) is 0 Å². The fraction of sp³-hybridized carbons (Fsp3) is 1.00. The van der Waals surface area contributed by atoms with Gasteiger partial charge in [0.15, 0.2) is 6.29 Å². The van der Waals surface area contributed by atoms with Crippen molar-refractivity contribution in [1.29, 1.82) is 0 Å². The van der Waals surface area contributed by atoms with Crippen LogP contribution in [0.15, 0.2) is 0 Å². The zero-order valence-corrected chi connectivity index (χ0v) is 7.01. The minimum Gasteiger partial charge on any atom is -0.388 e. The lowest BCUT2D eigenvalue weighted by Crippen LogP contribution is -2.63. The maximum Gasteiger partial charge on any atom is 0.186 e. The highest BCUT2D eigenvalue weighted by atomic mass is 16.6. The average molecular weight is 178 g/mol. The van der Waals surface area contributed by atoms with Crippen LogP contribution in [0.3, 0.4) is 0 Å². The van der Waals surface area contributed by atoms with E-state index < -0.39 is 30.2 Å². The Labute approximate surface area is 70.2 Å². The molecule has 0 aliphatic carbocycles. The normalized spacial score (nSPS) is 55.5. The van der Waals surface area contributed by atoms with Crippen LogP contribution in [0.5, 0.6) is 0 Å². The molecule has 1 fully saturated rings. The van der Waals surface area contributed by atoms with Crippen LogP contribution in [0.2, 0.25) is 0 Å². The van der Waals surface area contributed by atoms with Gasteiger partial charge < -0.3 is 25.2 Å². The van der Waals surface area contributed by atoms with E-state index in [0.717, 1.165) is 0 Å². The Hall–Kier alpha value is -0.200. The average Bonchev–Trinajstić information content (AvgIpc) is 1.99. The maximum atomic E-state index is 9.41. The first-order valence-corrected chi connectivity index (χ1v) is 3.79. The van der Waals surface area contributed by atoms with E-state index in [2.05, 4.69) is 0 Å². The summed E-state index contributed by atoms with van der Waals surface area (Å²) in [5.74, 6) is 0. The van der Waals surface area contributed by atoms with Gasteiger partial charge in [-0.05, 0) is 13.8 Å². The topological polar surface area (TPSA) is 90.2 Å². The van der Waals surface area contributed by atoms with Crippen LogP contribution in [-0.4, -0.2) is 50.6 Å². The molecule has 1 heterocycles. The van der Waals surface area contributed by atoms with Crippen molar-refractivity contribution in [3.63, 3.8) is 0 Å². The minimum atomic E-state index is -1.81. The van der Waals surface area contributed by atoms with Gasteiger partial charge in [0.2, 0.25) is 0 Å². The van der Waals surface area contributed by atoms with Gasteiger partial charge in [0.05, 0.1) is 6.10 Å². The van der Waals surface area contributed by atoms with Gasteiger partial charge in [-0.1, -0.05) is 0 Å². The van der Waals surface area contributed by atoms with Gasteiger partial charge in [-0.2, -0.15) is 0 Å². The van der Waals surface area contributed by atoms with Crippen LogP contribution in [0, 0.1) is 0 Å². The molecule has 72 valence electrons. The molecule has 12 heavy (non-hydrogen) atoms. The second-order valence-corrected chi connectivity index (χ2v) is 3.35. The molecule has 0 saturated carbocycles. The van der Waals surface area contributed by atoms with E-state index in [1.807, 2.05) is 0 Å². The molecule has 0 bridgehead atoms. The SMILES string of the molecule is C[C@@H]1O[C@@H](O)[C@@](C)(O)[C@H](O)[C@H]1O. The van der Waals surface area contributed by atoms with Gasteiger partial charge in [0.1, 0.15) is 17.8 Å². The Kier molecular flexibility index (Phi) is 2.42.